The molecule has 0 fully saturated rings. The molecule has 0 saturated carbocycles. The first kappa shape index (κ1) is 10.3. The van der Waals surface area contributed by atoms with Gasteiger partial charge >= 0.3 is 0 Å². The van der Waals surface area contributed by atoms with Crippen LogP contribution in [0.2, 0.25) is 0 Å². The minimum Gasteiger partial charge on any atom is -0.402 e. The summed E-state index contributed by atoms with van der Waals surface area (Å²) in [5.41, 5.74) is 7.58. The predicted octanol–water partition coefficient (Wildman–Crippen LogP) is 2.84. The number of allylic oxidation sites excluding steroid dienone is 2. The summed E-state index contributed by atoms with van der Waals surface area (Å²) in [7, 11) is 0. The van der Waals surface area contributed by atoms with Crippen molar-refractivity contribution in [3.8, 4) is 0 Å². The molecule has 64 valence electrons. The van der Waals surface area contributed by atoms with Crippen molar-refractivity contribution < 1.29 is 0 Å². The number of hydrogen-bond acceptors (Lipinski definition) is 1. The number of rotatable bonds is 4. The van der Waals surface area contributed by atoms with E-state index in [0.717, 1.165) is 24.5 Å². The highest BCUT2D eigenvalue weighted by atomic mass is 14.5. The van der Waals surface area contributed by atoms with Crippen LogP contribution < -0.4 is 5.73 Å². The van der Waals surface area contributed by atoms with Crippen LogP contribution in [0.3, 0.4) is 0 Å². The number of hydrogen-bond donors (Lipinski definition) is 1. The minimum absolute atomic E-state index is 0.734. The summed E-state index contributed by atoms with van der Waals surface area (Å²) < 4.78 is 0. The van der Waals surface area contributed by atoms with Crippen LogP contribution in [0.1, 0.15) is 33.6 Å². The third-order valence-electron chi connectivity index (χ3n) is 1.44. The van der Waals surface area contributed by atoms with Gasteiger partial charge in [0.25, 0.3) is 0 Å². The summed E-state index contributed by atoms with van der Waals surface area (Å²) in [6, 6.07) is 0. The Kier molecular flexibility index (Phi) is 4.67. The maximum absolute atomic E-state index is 5.43. The summed E-state index contributed by atoms with van der Waals surface area (Å²) in [4.78, 5) is 0. The van der Waals surface area contributed by atoms with Crippen LogP contribution in [0.25, 0.3) is 0 Å². The second kappa shape index (κ2) is 5.00. The highest BCUT2D eigenvalue weighted by molar-refractivity contribution is 5.05. The van der Waals surface area contributed by atoms with E-state index in [1.165, 1.54) is 5.57 Å². The Morgan fingerprint density at radius 2 is 2.09 bits per heavy atom. The first-order valence-electron chi connectivity index (χ1n) is 4.11. The molecule has 1 heteroatoms. The van der Waals surface area contributed by atoms with E-state index in [0.29, 0.717) is 0 Å². The zero-order valence-electron chi connectivity index (χ0n) is 7.85. The predicted molar refractivity (Wildman–Crippen MR) is 51.2 cm³/mol. The molecule has 0 unspecified atom stereocenters. The molecule has 1 nitrogen and oxygen atoms in total. The van der Waals surface area contributed by atoms with Gasteiger partial charge in [-0.15, -0.1) is 0 Å². The number of nitrogens with two attached hydrogens (primary N) is 1. The van der Waals surface area contributed by atoms with Gasteiger partial charge < -0.3 is 5.73 Å². The van der Waals surface area contributed by atoms with Crippen molar-refractivity contribution in [3.63, 3.8) is 0 Å². The van der Waals surface area contributed by atoms with Crippen LogP contribution in [0.15, 0.2) is 23.9 Å². The first-order valence-corrected chi connectivity index (χ1v) is 4.11. The van der Waals surface area contributed by atoms with Crippen LogP contribution >= 0.6 is 0 Å². The van der Waals surface area contributed by atoms with Crippen molar-refractivity contribution in [3.05, 3.63) is 23.9 Å². The van der Waals surface area contributed by atoms with Gasteiger partial charge in [-0.05, 0) is 19.3 Å². The maximum atomic E-state index is 5.43. The highest BCUT2D eigenvalue weighted by Gasteiger charge is 1.94. The zero-order valence-corrected chi connectivity index (χ0v) is 7.85. The van der Waals surface area contributed by atoms with Gasteiger partial charge in [-0.1, -0.05) is 32.1 Å². The van der Waals surface area contributed by atoms with E-state index in [4.69, 9.17) is 5.73 Å². The molecule has 0 saturated heterocycles. The van der Waals surface area contributed by atoms with Gasteiger partial charge in [0, 0.05) is 12.1 Å². The van der Waals surface area contributed by atoms with E-state index >= 15 is 0 Å². The second-order valence-electron chi connectivity index (χ2n) is 3.51. The van der Waals surface area contributed by atoms with Gasteiger partial charge in [0.1, 0.15) is 0 Å². The Labute approximate surface area is 70.0 Å². The highest BCUT2D eigenvalue weighted by Crippen LogP contribution is 2.10. The molecule has 0 heterocycles. The Balaban J connectivity index is 3.72. The third-order valence-corrected chi connectivity index (χ3v) is 1.44. The monoisotopic (exact) mass is 153 g/mol. The fourth-order valence-electron chi connectivity index (χ4n) is 1.03. The molecule has 0 amide bonds. The van der Waals surface area contributed by atoms with E-state index in [1.54, 1.807) is 0 Å². The second-order valence-corrected chi connectivity index (χ2v) is 3.51. The van der Waals surface area contributed by atoms with E-state index < -0.39 is 0 Å². The molecule has 0 atom stereocenters. The molecule has 11 heavy (non-hydrogen) atoms. The van der Waals surface area contributed by atoms with Crippen molar-refractivity contribution in [2.45, 2.75) is 33.6 Å². The Morgan fingerprint density at radius 3 is 2.45 bits per heavy atom. The normalized spacial score (nSPS) is 12.2. The lowest BCUT2D eigenvalue weighted by molar-refractivity contribution is 0.641. The molecule has 0 aliphatic carbocycles. The fraction of sp³-hybridized carbons (Fsp3) is 0.600. The van der Waals surface area contributed by atoms with E-state index in [9.17, 15) is 0 Å². The van der Waals surface area contributed by atoms with E-state index in [2.05, 4.69) is 33.4 Å². The summed E-state index contributed by atoms with van der Waals surface area (Å²) >= 11 is 0. The Hall–Kier alpha value is -0.720. The SMILES string of the molecule is C=C(N)C/C=C(\C)CC(C)C. The fourth-order valence-corrected chi connectivity index (χ4v) is 1.03. The van der Waals surface area contributed by atoms with Crippen LogP contribution in [0.4, 0.5) is 0 Å². The van der Waals surface area contributed by atoms with Crippen LogP contribution in [-0.2, 0) is 0 Å². The quantitative estimate of drug-likeness (QED) is 0.617. The molecule has 0 aromatic heterocycles. The molecule has 0 aliphatic rings. The smallest absolute Gasteiger partial charge is 0.00459 e. The summed E-state index contributed by atoms with van der Waals surface area (Å²) in [6.07, 6.45) is 4.13. The average molecular weight is 153 g/mol. The van der Waals surface area contributed by atoms with Crippen molar-refractivity contribution in [2.75, 3.05) is 0 Å². The average Bonchev–Trinajstić information content (AvgIpc) is 1.82. The van der Waals surface area contributed by atoms with Crippen molar-refractivity contribution >= 4 is 0 Å². The molecular formula is C10H19N. The molecule has 0 spiro atoms. The first-order chi connectivity index (χ1) is 5.02. The van der Waals surface area contributed by atoms with Crippen LogP contribution in [0.5, 0.6) is 0 Å². The van der Waals surface area contributed by atoms with Crippen molar-refractivity contribution in [1.29, 1.82) is 0 Å². The van der Waals surface area contributed by atoms with Gasteiger partial charge in [-0.25, -0.2) is 0 Å². The Morgan fingerprint density at radius 1 is 1.55 bits per heavy atom. The standard InChI is InChI=1S/C10H19N/c1-8(2)7-9(3)5-6-10(4)11/h5,8H,4,6-7,11H2,1-3H3/b9-5+. The molecule has 0 aliphatic heterocycles. The summed E-state index contributed by atoms with van der Waals surface area (Å²) in [6.45, 7) is 10.2. The third kappa shape index (κ3) is 7.17. The lowest BCUT2D eigenvalue weighted by atomic mass is 10.0. The van der Waals surface area contributed by atoms with Crippen LogP contribution in [-0.4, -0.2) is 0 Å². The molecule has 0 aromatic carbocycles. The van der Waals surface area contributed by atoms with Gasteiger partial charge in [-0.3, -0.25) is 0 Å². The van der Waals surface area contributed by atoms with Crippen LogP contribution in [0, 0.1) is 5.92 Å². The lowest BCUT2D eigenvalue weighted by Gasteiger charge is -2.04. The van der Waals surface area contributed by atoms with Gasteiger partial charge in [0.05, 0.1) is 0 Å². The van der Waals surface area contributed by atoms with E-state index in [-0.39, 0.29) is 0 Å². The van der Waals surface area contributed by atoms with Crippen molar-refractivity contribution in [1.82, 2.24) is 0 Å². The van der Waals surface area contributed by atoms with Gasteiger partial charge in [-0.2, -0.15) is 0 Å². The van der Waals surface area contributed by atoms with Crippen molar-refractivity contribution in [2.24, 2.45) is 11.7 Å². The molecule has 0 rings (SSSR count). The lowest BCUT2D eigenvalue weighted by Crippen LogP contribution is -1.93. The summed E-state index contributed by atoms with van der Waals surface area (Å²) in [5, 5.41) is 0. The summed E-state index contributed by atoms with van der Waals surface area (Å²) in [5.74, 6) is 0.734. The zero-order chi connectivity index (χ0) is 8.85. The molecule has 2 N–H and O–H groups in total. The molecule has 0 bridgehead atoms. The largest absolute Gasteiger partial charge is 0.402 e. The van der Waals surface area contributed by atoms with Gasteiger partial charge in [0.15, 0.2) is 0 Å². The topological polar surface area (TPSA) is 26.0 Å². The molecule has 0 radical (unpaired) electrons. The maximum Gasteiger partial charge on any atom is 0.00459 e. The van der Waals surface area contributed by atoms with Gasteiger partial charge in [0.2, 0.25) is 0 Å². The van der Waals surface area contributed by atoms with E-state index in [1.807, 2.05) is 0 Å². The molecular weight excluding hydrogens is 134 g/mol. The Bertz CT molecular complexity index is 154. The molecule has 0 aromatic rings. The minimum atomic E-state index is 0.734.